The molecule has 0 amide bonds. The van der Waals surface area contributed by atoms with Crippen LogP contribution in [0.4, 0.5) is 10.1 Å². The fourth-order valence-electron chi connectivity index (χ4n) is 1.65. The number of ether oxygens (including phenoxy) is 1. The summed E-state index contributed by atoms with van der Waals surface area (Å²) < 4.78 is 18.3. The van der Waals surface area contributed by atoms with Gasteiger partial charge >= 0.3 is 0 Å². The van der Waals surface area contributed by atoms with E-state index < -0.39 is 5.82 Å². The van der Waals surface area contributed by atoms with Gasteiger partial charge in [-0.1, -0.05) is 12.1 Å². The zero-order valence-corrected chi connectivity index (χ0v) is 9.98. The number of rotatable bonds is 4. The second-order valence-electron chi connectivity index (χ2n) is 3.87. The number of methoxy groups -OCH3 is 1. The van der Waals surface area contributed by atoms with Crippen LogP contribution in [0.5, 0.6) is 11.5 Å². The minimum absolute atomic E-state index is 0.218. The summed E-state index contributed by atoms with van der Waals surface area (Å²) in [5.74, 6) is 0.0338. The number of phenols is 1. The molecule has 0 radical (unpaired) electrons. The van der Waals surface area contributed by atoms with Gasteiger partial charge in [0.25, 0.3) is 0 Å². The number of hydrogen-bond acceptors (Lipinski definition) is 3. The maximum atomic E-state index is 13.4. The Balaban J connectivity index is 2.04. The lowest BCUT2D eigenvalue weighted by Crippen LogP contribution is -2.00. The Kier molecular flexibility index (Phi) is 3.67. The number of benzene rings is 2. The third-order valence-electron chi connectivity index (χ3n) is 2.56. The minimum Gasteiger partial charge on any atom is -0.508 e. The summed E-state index contributed by atoms with van der Waals surface area (Å²) in [6.45, 7) is 0.514. The molecule has 2 rings (SSSR count). The molecule has 0 aliphatic carbocycles. The molecule has 0 aliphatic heterocycles. The van der Waals surface area contributed by atoms with E-state index in [-0.39, 0.29) is 11.5 Å². The van der Waals surface area contributed by atoms with Crippen LogP contribution in [0.15, 0.2) is 42.5 Å². The van der Waals surface area contributed by atoms with Gasteiger partial charge in [0.1, 0.15) is 5.75 Å². The molecule has 0 saturated carbocycles. The van der Waals surface area contributed by atoms with Crippen molar-refractivity contribution in [1.82, 2.24) is 0 Å². The van der Waals surface area contributed by atoms with Crippen molar-refractivity contribution in [3.05, 3.63) is 53.8 Å². The Morgan fingerprint density at radius 1 is 1.22 bits per heavy atom. The van der Waals surface area contributed by atoms with Gasteiger partial charge < -0.3 is 15.2 Å². The first-order valence-electron chi connectivity index (χ1n) is 5.54. The van der Waals surface area contributed by atoms with E-state index in [2.05, 4.69) is 5.32 Å². The zero-order chi connectivity index (χ0) is 13.0. The molecule has 0 fully saturated rings. The SMILES string of the molecule is COc1ccc(NCc2cccc(O)c2)cc1F. The summed E-state index contributed by atoms with van der Waals surface area (Å²) in [4.78, 5) is 0. The number of nitrogens with one attached hydrogen (secondary N) is 1. The number of hydrogen-bond donors (Lipinski definition) is 2. The Hall–Kier alpha value is -2.23. The van der Waals surface area contributed by atoms with Crippen LogP contribution >= 0.6 is 0 Å². The van der Waals surface area contributed by atoms with Crippen LogP contribution in [-0.2, 0) is 6.54 Å². The van der Waals surface area contributed by atoms with E-state index in [1.165, 1.54) is 13.2 Å². The highest BCUT2D eigenvalue weighted by atomic mass is 19.1. The fraction of sp³-hybridized carbons (Fsp3) is 0.143. The van der Waals surface area contributed by atoms with Crippen molar-refractivity contribution in [3.63, 3.8) is 0 Å². The maximum absolute atomic E-state index is 13.4. The Morgan fingerprint density at radius 3 is 2.72 bits per heavy atom. The number of phenolic OH excluding ortho intramolecular Hbond substituents is 1. The first-order valence-corrected chi connectivity index (χ1v) is 5.54. The van der Waals surface area contributed by atoms with Crippen molar-refractivity contribution >= 4 is 5.69 Å². The third kappa shape index (κ3) is 2.91. The standard InChI is InChI=1S/C14H14FNO2/c1-18-14-6-5-11(8-13(14)15)16-9-10-3-2-4-12(17)7-10/h2-8,16-17H,9H2,1H3. The van der Waals surface area contributed by atoms with Crippen molar-refractivity contribution in [2.45, 2.75) is 6.54 Å². The van der Waals surface area contributed by atoms with E-state index in [1.807, 2.05) is 6.07 Å². The quantitative estimate of drug-likeness (QED) is 0.872. The van der Waals surface area contributed by atoms with Gasteiger partial charge in [-0.2, -0.15) is 0 Å². The van der Waals surface area contributed by atoms with E-state index in [4.69, 9.17) is 4.74 Å². The van der Waals surface area contributed by atoms with Crippen LogP contribution < -0.4 is 10.1 Å². The average molecular weight is 247 g/mol. The van der Waals surface area contributed by atoms with Crippen molar-refractivity contribution < 1.29 is 14.2 Å². The molecule has 0 unspecified atom stereocenters. The molecule has 0 aromatic heterocycles. The summed E-state index contributed by atoms with van der Waals surface area (Å²) in [7, 11) is 1.43. The number of anilines is 1. The monoisotopic (exact) mass is 247 g/mol. The molecule has 18 heavy (non-hydrogen) atoms. The first-order chi connectivity index (χ1) is 8.69. The van der Waals surface area contributed by atoms with Gasteiger partial charge in [-0.15, -0.1) is 0 Å². The number of halogens is 1. The topological polar surface area (TPSA) is 41.5 Å². The van der Waals surface area contributed by atoms with E-state index in [0.717, 1.165) is 5.56 Å². The fourth-order valence-corrected chi connectivity index (χ4v) is 1.65. The lowest BCUT2D eigenvalue weighted by Gasteiger charge is -2.08. The van der Waals surface area contributed by atoms with Crippen LogP contribution in [-0.4, -0.2) is 12.2 Å². The summed E-state index contributed by atoms with van der Waals surface area (Å²) in [5, 5.41) is 12.4. The van der Waals surface area contributed by atoms with Gasteiger partial charge in [-0.25, -0.2) is 4.39 Å². The van der Waals surface area contributed by atoms with Gasteiger partial charge in [-0.3, -0.25) is 0 Å². The van der Waals surface area contributed by atoms with E-state index >= 15 is 0 Å². The highest BCUT2D eigenvalue weighted by Crippen LogP contribution is 2.21. The van der Waals surface area contributed by atoms with Gasteiger partial charge in [0.2, 0.25) is 0 Å². The van der Waals surface area contributed by atoms with Crippen LogP contribution in [0.25, 0.3) is 0 Å². The predicted octanol–water partition coefficient (Wildman–Crippen LogP) is 3.15. The minimum atomic E-state index is -0.404. The third-order valence-corrected chi connectivity index (χ3v) is 2.56. The molecular weight excluding hydrogens is 233 g/mol. The van der Waals surface area contributed by atoms with Gasteiger partial charge in [0.15, 0.2) is 11.6 Å². The molecule has 0 aliphatic rings. The molecular formula is C14H14FNO2. The van der Waals surface area contributed by atoms with Gasteiger partial charge in [-0.05, 0) is 29.8 Å². The summed E-state index contributed by atoms with van der Waals surface area (Å²) in [6, 6.07) is 11.6. The van der Waals surface area contributed by atoms with Crippen LogP contribution in [0.3, 0.4) is 0 Å². The normalized spacial score (nSPS) is 10.1. The second-order valence-corrected chi connectivity index (χ2v) is 3.87. The van der Waals surface area contributed by atoms with Crippen molar-refractivity contribution in [2.24, 2.45) is 0 Å². The first kappa shape index (κ1) is 12.2. The molecule has 2 N–H and O–H groups in total. The molecule has 94 valence electrons. The molecule has 0 spiro atoms. The average Bonchev–Trinajstić information content (AvgIpc) is 2.37. The van der Waals surface area contributed by atoms with Gasteiger partial charge in [0, 0.05) is 18.3 Å². The molecule has 4 heteroatoms. The summed E-state index contributed by atoms with van der Waals surface area (Å²) in [6.07, 6.45) is 0. The molecule has 2 aromatic rings. The zero-order valence-electron chi connectivity index (χ0n) is 9.98. The lowest BCUT2D eigenvalue weighted by molar-refractivity contribution is 0.386. The van der Waals surface area contributed by atoms with E-state index in [1.54, 1.807) is 30.3 Å². The van der Waals surface area contributed by atoms with Crippen molar-refractivity contribution in [3.8, 4) is 11.5 Å². The lowest BCUT2D eigenvalue weighted by atomic mass is 10.2. The highest BCUT2D eigenvalue weighted by Gasteiger charge is 2.03. The maximum Gasteiger partial charge on any atom is 0.167 e. The van der Waals surface area contributed by atoms with Crippen LogP contribution in [0, 0.1) is 5.82 Å². The van der Waals surface area contributed by atoms with Crippen molar-refractivity contribution in [2.75, 3.05) is 12.4 Å². The highest BCUT2D eigenvalue weighted by molar-refractivity contribution is 5.47. The molecule has 0 heterocycles. The van der Waals surface area contributed by atoms with E-state index in [0.29, 0.717) is 12.2 Å². The molecule has 2 aromatic carbocycles. The Labute approximate surface area is 105 Å². The largest absolute Gasteiger partial charge is 0.508 e. The predicted molar refractivity (Wildman–Crippen MR) is 68.4 cm³/mol. The summed E-state index contributed by atoms with van der Waals surface area (Å²) in [5.41, 5.74) is 1.59. The second kappa shape index (κ2) is 5.40. The molecule has 3 nitrogen and oxygen atoms in total. The van der Waals surface area contributed by atoms with Crippen LogP contribution in [0.2, 0.25) is 0 Å². The smallest absolute Gasteiger partial charge is 0.167 e. The molecule has 0 saturated heterocycles. The Bertz CT molecular complexity index is 543. The van der Waals surface area contributed by atoms with Gasteiger partial charge in [0.05, 0.1) is 7.11 Å². The molecule has 0 atom stereocenters. The van der Waals surface area contributed by atoms with E-state index in [9.17, 15) is 9.50 Å². The van der Waals surface area contributed by atoms with Crippen molar-refractivity contribution in [1.29, 1.82) is 0 Å². The Morgan fingerprint density at radius 2 is 2.06 bits per heavy atom. The number of aromatic hydroxyl groups is 1. The molecule has 0 bridgehead atoms. The van der Waals surface area contributed by atoms with Crippen LogP contribution in [0.1, 0.15) is 5.56 Å². The summed E-state index contributed by atoms with van der Waals surface area (Å²) >= 11 is 0.